The van der Waals surface area contributed by atoms with Crippen molar-refractivity contribution in [3.8, 4) is 0 Å². The zero-order chi connectivity index (χ0) is 10.8. The summed E-state index contributed by atoms with van der Waals surface area (Å²) >= 11 is 1.77. The molecule has 2 heterocycles. The number of thiophene rings is 1. The summed E-state index contributed by atoms with van der Waals surface area (Å²) in [5, 5.41) is 3.25. The van der Waals surface area contributed by atoms with Gasteiger partial charge in [-0.25, -0.2) is 0 Å². The molecule has 0 amide bonds. The molecule has 2 atom stereocenters. The Bertz CT molecular complexity index is 361. The predicted octanol–water partition coefficient (Wildman–Crippen LogP) is 1.53. The standard InChI is InChI=1S/C11H15NO2S/c1-7-3-4-10(15-7)8-5-12-6-9(8)11(13)14-2/h3-4,8-9,12H,5-6H2,1-2H3/t8-,9+/m1/s1. The van der Waals surface area contributed by atoms with Crippen LogP contribution in [0.3, 0.4) is 0 Å². The molecule has 1 aliphatic rings. The van der Waals surface area contributed by atoms with Crippen LogP contribution in [-0.2, 0) is 9.53 Å². The van der Waals surface area contributed by atoms with E-state index in [1.807, 2.05) is 0 Å². The Balaban J connectivity index is 2.18. The van der Waals surface area contributed by atoms with E-state index in [0.29, 0.717) is 0 Å². The maximum absolute atomic E-state index is 11.5. The van der Waals surface area contributed by atoms with Crippen molar-refractivity contribution in [2.45, 2.75) is 12.8 Å². The van der Waals surface area contributed by atoms with Crippen molar-refractivity contribution in [2.75, 3.05) is 20.2 Å². The van der Waals surface area contributed by atoms with Crippen LogP contribution in [0.15, 0.2) is 12.1 Å². The van der Waals surface area contributed by atoms with Gasteiger partial charge in [0.2, 0.25) is 0 Å². The summed E-state index contributed by atoms with van der Waals surface area (Å²) in [5.74, 6) is 0.167. The average molecular weight is 225 g/mol. The Hall–Kier alpha value is -0.870. The van der Waals surface area contributed by atoms with Crippen LogP contribution in [0.1, 0.15) is 15.7 Å². The van der Waals surface area contributed by atoms with Gasteiger partial charge in [-0.3, -0.25) is 4.79 Å². The highest BCUT2D eigenvalue weighted by molar-refractivity contribution is 7.12. The van der Waals surface area contributed by atoms with Gasteiger partial charge in [-0.1, -0.05) is 0 Å². The van der Waals surface area contributed by atoms with Crippen LogP contribution < -0.4 is 5.32 Å². The Morgan fingerprint density at radius 3 is 2.93 bits per heavy atom. The van der Waals surface area contributed by atoms with E-state index in [9.17, 15) is 4.79 Å². The third-order valence-corrected chi connectivity index (χ3v) is 3.98. The van der Waals surface area contributed by atoms with E-state index in [4.69, 9.17) is 4.74 Å². The molecular weight excluding hydrogens is 210 g/mol. The molecule has 0 spiro atoms. The SMILES string of the molecule is COC(=O)[C@H]1CNC[C@H]1c1ccc(C)s1. The molecule has 4 heteroatoms. The van der Waals surface area contributed by atoms with Gasteiger partial charge in [0.15, 0.2) is 0 Å². The second-order valence-electron chi connectivity index (χ2n) is 3.84. The first-order valence-corrected chi connectivity index (χ1v) is 5.89. The van der Waals surface area contributed by atoms with E-state index in [-0.39, 0.29) is 17.8 Å². The molecule has 0 bridgehead atoms. The second kappa shape index (κ2) is 4.33. The number of aryl methyl sites for hydroxylation is 1. The third kappa shape index (κ3) is 2.06. The Morgan fingerprint density at radius 2 is 2.33 bits per heavy atom. The summed E-state index contributed by atoms with van der Waals surface area (Å²) in [4.78, 5) is 14.1. The van der Waals surface area contributed by atoms with Crippen LogP contribution >= 0.6 is 11.3 Å². The molecule has 82 valence electrons. The maximum atomic E-state index is 11.5. The molecule has 0 aromatic carbocycles. The smallest absolute Gasteiger partial charge is 0.310 e. The average Bonchev–Trinajstić information content (AvgIpc) is 2.84. The lowest BCUT2D eigenvalue weighted by Gasteiger charge is -2.14. The first-order chi connectivity index (χ1) is 7.22. The van der Waals surface area contributed by atoms with Crippen LogP contribution in [-0.4, -0.2) is 26.2 Å². The van der Waals surface area contributed by atoms with Gasteiger partial charge in [-0.15, -0.1) is 11.3 Å². The molecule has 2 rings (SSSR count). The zero-order valence-electron chi connectivity index (χ0n) is 8.95. The molecule has 3 nitrogen and oxygen atoms in total. The van der Waals surface area contributed by atoms with Crippen molar-refractivity contribution >= 4 is 17.3 Å². The van der Waals surface area contributed by atoms with Gasteiger partial charge in [0, 0.05) is 28.8 Å². The quantitative estimate of drug-likeness (QED) is 0.776. The normalized spacial score (nSPS) is 25.5. The van der Waals surface area contributed by atoms with Crippen LogP contribution in [0.4, 0.5) is 0 Å². The van der Waals surface area contributed by atoms with Crippen molar-refractivity contribution in [3.05, 3.63) is 21.9 Å². The fourth-order valence-electron chi connectivity index (χ4n) is 2.03. The van der Waals surface area contributed by atoms with Crippen molar-refractivity contribution in [1.29, 1.82) is 0 Å². The van der Waals surface area contributed by atoms with E-state index < -0.39 is 0 Å². The minimum Gasteiger partial charge on any atom is -0.469 e. The highest BCUT2D eigenvalue weighted by atomic mass is 32.1. The number of esters is 1. The van der Waals surface area contributed by atoms with Gasteiger partial charge >= 0.3 is 5.97 Å². The number of hydrogen-bond acceptors (Lipinski definition) is 4. The molecule has 1 aromatic heterocycles. The number of methoxy groups -OCH3 is 1. The van der Waals surface area contributed by atoms with Gasteiger partial charge in [-0.05, 0) is 19.1 Å². The molecule has 1 N–H and O–H groups in total. The number of rotatable bonds is 2. The summed E-state index contributed by atoms with van der Waals surface area (Å²) in [6, 6.07) is 4.22. The Labute approximate surface area is 93.4 Å². The van der Waals surface area contributed by atoms with Crippen molar-refractivity contribution in [2.24, 2.45) is 5.92 Å². The molecule has 0 aliphatic carbocycles. The lowest BCUT2D eigenvalue weighted by molar-refractivity contribution is -0.145. The fourth-order valence-corrected chi connectivity index (χ4v) is 3.07. The zero-order valence-corrected chi connectivity index (χ0v) is 9.76. The van der Waals surface area contributed by atoms with E-state index in [0.717, 1.165) is 13.1 Å². The number of hydrogen-bond donors (Lipinski definition) is 1. The molecule has 1 aliphatic heterocycles. The molecule has 1 aromatic rings. The lowest BCUT2D eigenvalue weighted by Crippen LogP contribution is -2.22. The molecule has 1 fully saturated rings. The van der Waals surface area contributed by atoms with Gasteiger partial charge < -0.3 is 10.1 Å². The second-order valence-corrected chi connectivity index (χ2v) is 5.16. The Kier molecular flexibility index (Phi) is 3.07. The highest BCUT2D eigenvalue weighted by Gasteiger charge is 2.35. The van der Waals surface area contributed by atoms with Crippen molar-refractivity contribution < 1.29 is 9.53 Å². The van der Waals surface area contributed by atoms with Gasteiger partial charge in [-0.2, -0.15) is 0 Å². The maximum Gasteiger partial charge on any atom is 0.310 e. The molecule has 1 saturated heterocycles. The summed E-state index contributed by atoms with van der Waals surface area (Å²) in [6.45, 7) is 3.69. The number of ether oxygens (including phenoxy) is 1. The fraction of sp³-hybridized carbons (Fsp3) is 0.545. The summed E-state index contributed by atoms with van der Waals surface area (Å²) in [5.41, 5.74) is 0. The van der Waals surface area contributed by atoms with E-state index in [1.54, 1.807) is 11.3 Å². The number of carbonyl (C=O) groups is 1. The van der Waals surface area contributed by atoms with E-state index in [2.05, 4.69) is 24.4 Å². The van der Waals surface area contributed by atoms with Gasteiger partial charge in [0.1, 0.15) is 0 Å². The summed E-state index contributed by atoms with van der Waals surface area (Å²) in [6.07, 6.45) is 0. The molecule has 15 heavy (non-hydrogen) atoms. The monoisotopic (exact) mass is 225 g/mol. The van der Waals surface area contributed by atoms with Crippen molar-refractivity contribution in [1.82, 2.24) is 5.32 Å². The number of carbonyl (C=O) groups excluding carboxylic acids is 1. The summed E-state index contributed by atoms with van der Waals surface area (Å²) in [7, 11) is 1.46. The lowest BCUT2D eigenvalue weighted by atomic mass is 9.95. The third-order valence-electron chi connectivity index (χ3n) is 2.84. The van der Waals surface area contributed by atoms with Crippen molar-refractivity contribution in [3.63, 3.8) is 0 Å². The summed E-state index contributed by atoms with van der Waals surface area (Å²) < 4.78 is 4.82. The minimum atomic E-state index is -0.101. The molecule has 0 unspecified atom stereocenters. The van der Waals surface area contributed by atoms with Crippen LogP contribution in [0.25, 0.3) is 0 Å². The van der Waals surface area contributed by atoms with Gasteiger partial charge in [0.05, 0.1) is 13.0 Å². The first kappa shape index (κ1) is 10.6. The highest BCUT2D eigenvalue weighted by Crippen LogP contribution is 2.33. The number of nitrogens with one attached hydrogen (secondary N) is 1. The molecule has 0 radical (unpaired) electrons. The predicted molar refractivity (Wildman–Crippen MR) is 60.2 cm³/mol. The van der Waals surface area contributed by atoms with Crippen LogP contribution in [0, 0.1) is 12.8 Å². The molecule has 0 saturated carbocycles. The Morgan fingerprint density at radius 1 is 1.53 bits per heavy atom. The first-order valence-electron chi connectivity index (χ1n) is 5.07. The van der Waals surface area contributed by atoms with Crippen LogP contribution in [0.5, 0.6) is 0 Å². The minimum absolute atomic E-state index is 0.0203. The molecular formula is C11H15NO2S. The van der Waals surface area contributed by atoms with Crippen LogP contribution in [0.2, 0.25) is 0 Å². The largest absolute Gasteiger partial charge is 0.469 e. The van der Waals surface area contributed by atoms with E-state index in [1.165, 1.54) is 16.9 Å². The van der Waals surface area contributed by atoms with Gasteiger partial charge in [0.25, 0.3) is 0 Å². The van der Waals surface area contributed by atoms with E-state index >= 15 is 0 Å². The topological polar surface area (TPSA) is 38.3 Å².